The highest BCUT2D eigenvalue weighted by atomic mass is 35.5. The van der Waals surface area contributed by atoms with Gasteiger partial charge >= 0.3 is 5.97 Å². The van der Waals surface area contributed by atoms with Crippen molar-refractivity contribution in [3.63, 3.8) is 0 Å². The second kappa shape index (κ2) is 8.29. The summed E-state index contributed by atoms with van der Waals surface area (Å²) in [7, 11) is 0. The van der Waals surface area contributed by atoms with Gasteiger partial charge in [0.2, 0.25) is 5.91 Å². The van der Waals surface area contributed by atoms with Gasteiger partial charge in [-0.3, -0.25) is 4.79 Å². The lowest BCUT2D eigenvalue weighted by Crippen LogP contribution is -2.42. The second-order valence-corrected chi connectivity index (χ2v) is 5.52. The SMILES string of the molecule is O=C(CCc1ccccc1)N[C@@H](Cc1ccc(Cl)nc1)C(=O)O. The van der Waals surface area contributed by atoms with Gasteiger partial charge in [0.1, 0.15) is 11.2 Å². The first-order valence-corrected chi connectivity index (χ1v) is 7.59. The van der Waals surface area contributed by atoms with Gasteiger partial charge in [-0.05, 0) is 23.6 Å². The normalized spacial score (nSPS) is 11.7. The number of aryl methyl sites for hydroxylation is 1. The van der Waals surface area contributed by atoms with Gasteiger partial charge in [0.05, 0.1) is 0 Å². The van der Waals surface area contributed by atoms with Crippen LogP contribution in [0.1, 0.15) is 17.5 Å². The first-order chi connectivity index (χ1) is 11.0. The molecule has 6 heteroatoms. The maximum absolute atomic E-state index is 12.0. The van der Waals surface area contributed by atoms with Crippen LogP contribution in [0.5, 0.6) is 0 Å². The van der Waals surface area contributed by atoms with Gasteiger partial charge in [-0.25, -0.2) is 9.78 Å². The van der Waals surface area contributed by atoms with Gasteiger partial charge in [0.25, 0.3) is 0 Å². The summed E-state index contributed by atoms with van der Waals surface area (Å²) in [5.41, 5.74) is 1.74. The van der Waals surface area contributed by atoms with Crippen molar-refractivity contribution in [3.8, 4) is 0 Å². The molecule has 23 heavy (non-hydrogen) atoms. The molecule has 0 aliphatic heterocycles. The Hall–Kier alpha value is -2.40. The second-order valence-electron chi connectivity index (χ2n) is 5.14. The van der Waals surface area contributed by atoms with Gasteiger partial charge < -0.3 is 10.4 Å². The molecule has 1 atom stereocenters. The van der Waals surface area contributed by atoms with Crippen molar-refractivity contribution in [2.75, 3.05) is 0 Å². The third-order valence-electron chi connectivity index (χ3n) is 3.35. The topological polar surface area (TPSA) is 79.3 Å². The Balaban J connectivity index is 1.89. The van der Waals surface area contributed by atoms with Crippen LogP contribution in [0.15, 0.2) is 48.7 Å². The number of carbonyl (C=O) groups excluding carboxylic acids is 1. The fraction of sp³-hybridized carbons (Fsp3) is 0.235. The summed E-state index contributed by atoms with van der Waals surface area (Å²) in [4.78, 5) is 27.2. The van der Waals surface area contributed by atoms with E-state index >= 15 is 0 Å². The molecule has 1 amide bonds. The highest BCUT2D eigenvalue weighted by molar-refractivity contribution is 6.29. The minimum Gasteiger partial charge on any atom is -0.480 e. The lowest BCUT2D eigenvalue weighted by atomic mass is 10.1. The zero-order valence-electron chi connectivity index (χ0n) is 12.4. The fourth-order valence-corrected chi connectivity index (χ4v) is 2.24. The number of carbonyl (C=O) groups is 2. The molecule has 1 aromatic carbocycles. The average Bonchev–Trinajstić information content (AvgIpc) is 2.55. The standard InChI is InChI=1S/C17H17ClN2O3/c18-15-8-6-13(11-19-15)10-14(17(22)23)20-16(21)9-7-12-4-2-1-3-5-12/h1-6,8,11,14H,7,9-10H2,(H,20,21)(H,22,23)/t14-/m0/s1. The molecule has 0 aliphatic rings. The number of rotatable bonds is 7. The Morgan fingerprint density at radius 1 is 1.13 bits per heavy atom. The molecule has 1 aromatic heterocycles. The molecule has 0 radical (unpaired) electrons. The zero-order chi connectivity index (χ0) is 16.7. The van der Waals surface area contributed by atoms with E-state index in [4.69, 9.17) is 11.6 Å². The van der Waals surface area contributed by atoms with E-state index in [0.29, 0.717) is 17.1 Å². The van der Waals surface area contributed by atoms with Gasteiger partial charge in [0, 0.05) is 19.0 Å². The molecular formula is C17H17ClN2O3. The summed E-state index contributed by atoms with van der Waals surface area (Å²) in [6.07, 6.45) is 2.49. The molecule has 120 valence electrons. The van der Waals surface area contributed by atoms with E-state index in [2.05, 4.69) is 10.3 Å². The first-order valence-electron chi connectivity index (χ1n) is 7.21. The largest absolute Gasteiger partial charge is 0.480 e. The lowest BCUT2D eigenvalue weighted by molar-refractivity contribution is -0.141. The summed E-state index contributed by atoms with van der Waals surface area (Å²) in [6, 6.07) is 11.9. The smallest absolute Gasteiger partial charge is 0.326 e. The predicted octanol–water partition coefficient (Wildman–Crippen LogP) is 2.48. The van der Waals surface area contributed by atoms with Crippen molar-refractivity contribution < 1.29 is 14.7 Å². The van der Waals surface area contributed by atoms with Crippen LogP contribution in [0.2, 0.25) is 5.15 Å². The minimum absolute atomic E-state index is 0.163. The fourth-order valence-electron chi connectivity index (χ4n) is 2.13. The summed E-state index contributed by atoms with van der Waals surface area (Å²) in [5.74, 6) is -1.36. The van der Waals surface area contributed by atoms with Crippen LogP contribution in [0.4, 0.5) is 0 Å². The van der Waals surface area contributed by atoms with Crippen LogP contribution >= 0.6 is 11.6 Å². The minimum atomic E-state index is -1.08. The Bertz CT molecular complexity index is 659. The number of carboxylic acids is 1. The van der Waals surface area contributed by atoms with E-state index in [1.54, 1.807) is 12.1 Å². The third-order valence-corrected chi connectivity index (χ3v) is 3.57. The molecule has 5 nitrogen and oxygen atoms in total. The monoisotopic (exact) mass is 332 g/mol. The van der Waals surface area contributed by atoms with E-state index in [1.807, 2.05) is 30.3 Å². The van der Waals surface area contributed by atoms with Crippen LogP contribution in [-0.4, -0.2) is 28.0 Å². The van der Waals surface area contributed by atoms with Crippen molar-refractivity contribution in [2.24, 2.45) is 0 Å². The van der Waals surface area contributed by atoms with Crippen LogP contribution in [0.25, 0.3) is 0 Å². The van der Waals surface area contributed by atoms with Crippen LogP contribution in [0, 0.1) is 0 Å². The Kier molecular flexibility index (Phi) is 6.11. The number of aromatic nitrogens is 1. The highest BCUT2D eigenvalue weighted by Gasteiger charge is 2.20. The van der Waals surface area contributed by atoms with E-state index in [1.165, 1.54) is 6.20 Å². The quantitative estimate of drug-likeness (QED) is 0.763. The molecule has 0 fully saturated rings. The maximum Gasteiger partial charge on any atom is 0.326 e. The van der Waals surface area contributed by atoms with E-state index in [9.17, 15) is 14.7 Å². The number of nitrogens with zero attached hydrogens (tertiary/aromatic N) is 1. The van der Waals surface area contributed by atoms with Gasteiger partial charge in [-0.2, -0.15) is 0 Å². The number of hydrogen-bond donors (Lipinski definition) is 2. The number of hydrogen-bond acceptors (Lipinski definition) is 3. The van der Waals surface area contributed by atoms with Gasteiger partial charge in [-0.1, -0.05) is 48.0 Å². The highest BCUT2D eigenvalue weighted by Crippen LogP contribution is 2.08. The van der Waals surface area contributed by atoms with Gasteiger partial charge in [0.15, 0.2) is 0 Å². The third kappa shape index (κ3) is 5.71. The Morgan fingerprint density at radius 2 is 1.87 bits per heavy atom. The molecule has 2 aromatic rings. The van der Waals surface area contributed by atoms with E-state index < -0.39 is 12.0 Å². The van der Waals surface area contributed by atoms with Crippen LogP contribution < -0.4 is 5.32 Å². The molecular weight excluding hydrogens is 316 g/mol. The van der Waals surface area contributed by atoms with Crippen molar-refractivity contribution >= 4 is 23.5 Å². The van der Waals surface area contributed by atoms with Crippen molar-refractivity contribution in [2.45, 2.75) is 25.3 Å². The number of aliphatic carboxylic acids is 1. The number of halogens is 1. The number of pyridine rings is 1. The molecule has 2 rings (SSSR count). The summed E-state index contributed by atoms with van der Waals surface area (Å²) >= 11 is 5.70. The zero-order valence-corrected chi connectivity index (χ0v) is 13.2. The maximum atomic E-state index is 12.0. The lowest BCUT2D eigenvalue weighted by Gasteiger charge is -2.14. The van der Waals surface area contributed by atoms with Crippen molar-refractivity contribution in [3.05, 3.63) is 64.9 Å². The number of nitrogens with one attached hydrogen (secondary N) is 1. The molecule has 0 saturated carbocycles. The molecule has 0 unspecified atom stereocenters. The molecule has 0 bridgehead atoms. The first kappa shape index (κ1) is 17.0. The van der Waals surface area contributed by atoms with Gasteiger partial charge in [-0.15, -0.1) is 0 Å². The van der Waals surface area contributed by atoms with Crippen molar-refractivity contribution in [1.29, 1.82) is 0 Å². The van der Waals surface area contributed by atoms with E-state index in [0.717, 1.165) is 5.56 Å². The molecule has 2 N–H and O–H groups in total. The van der Waals surface area contributed by atoms with Crippen LogP contribution in [0.3, 0.4) is 0 Å². The molecule has 0 spiro atoms. The average molecular weight is 333 g/mol. The molecule has 0 aliphatic carbocycles. The Morgan fingerprint density at radius 3 is 2.48 bits per heavy atom. The number of amides is 1. The Labute approximate surface area is 139 Å². The van der Waals surface area contributed by atoms with Crippen molar-refractivity contribution in [1.82, 2.24) is 10.3 Å². The predicted molar refractivity (Wildman–Crippen MR) is 87.3 cm³/mol. The van der Waals surface area contributed by atoms with E-state index in [-0.39, 0.29) is 18.7 Å². The summed E-state index contributed by atoms with van der Waals surface area (Å²) < 4.78 is 0. The number of benzene rings is 1. The molecule has 1 heterocycles. The number of carboxylic acid groups (broad SMARTS) is 1. The van der Waals surface area contributed by atoms with Crippen LogP contribution in [-0.2, 0) is 22.4 Å². The summed E-state index contributed by atoms with van der Waals surface area (Å²) in [6.45, 7) is 0. The molecule has 0 saturated heterocycles. The summed E-state index contributed by atoms with van der Waals surface area (Å²) in [5, 5.41) is 12.2.